The fourth-order valence-electron chi connectivity index (χ4n) is 4.77. The number of phosphoric acid groups is 1. The van der Waals surface area contributed by atoms with E-state index in [1.807, 2.05) is 60.7 Å². The molecule has 40 heavy (non-hydrogen) atoms. The van der Waals surface area contributed by atoms with E-state index in [-0.39, 0.29) is 24.1 Å². The van der Waals surface area contributed by atoms with Gasteiger partial charge in [0.2, 0.25) is 0 Å². The van der Waals surface area contributed by atoms with Gasteiger partial charge < -0.3 is 24.6 Å². The average molecular weight is 578 g/mol. The van der Waals surface area contributed by atoms with Gasteiger partial charge in [0.1, 0.15) is 29.0 Å². The van der Waals surface area contributed by atoms with Gasteiger partial charge in [-0.2, -0.15) is 4.98 Å². The van der Waals surface area contributed by atoms with E-state index in [0.717, 1.165) is 32.7 Å². The Balaban J connectivity index is 0.000000165. The highest BCUT2D eigenvalue weighted by Crippen LogP contribution is 2.56. The average Bonchev–Trinajstić information content (AvgIpc) is 3.37. The number of nitrogens with zero attached hydrogens (tertiary/aromatic N) is 2. The molecule has 1 aromatic heterocycles. The largest absolute Gasteiger partial charge is 0.584 e. The normalized spacial score (nSPS) is 18.9. The number of hydrogen-bond donors (Lipinski definition) is 3. The van der Waals surface area contributed by atoms with Crippen molar-refractivity contribution in [3.63, 3.8) is 0 Å². The molecule has 0 bridgehead atoms. The van der Waals surface area contributed by atoms with Crippen LogP contribution in [0.1, 0.15) is 6.23 Å². The lowest BCUT2D eigenvalue weighted by Crippen LogP contribution is -2.28. The van der Waals surface area contributed by atoms with E-state index in [1.54, 1.807) is 24.4 Å². The molecule has 4 N–H and O–H groups in total. The summed E-state index contributed by atoms with van der Waals surface area (Å²) < 4.78 is 29.9. The fraction of sp³-hybridized carbons (Fsp3) is 0.143. The summed E-state index contributed by atoms with van der Waals surface area (Å²) in [5, 5.41) is 12.8. The van der Waals surface area contributed by atoms with Gasteiger partial charge in [-0.1, -0.05) is 60.7 Å². The van der Waals surface area contributed by atoms with Crippen molar-refractivity contribution < 1.29 is 28.3 Å². The third-order valence-corrected chi connectivity index (χ3v) is 8.47. The van der Waals surface area contributed by atoms with E-state index in [4.69, 9.17) is 24.6 Å². The fourth-order valence-corrected chi connectivity index (χ4v) is 6.54. The number of aliphatic hydroxyl groups excluding tert-OH is 1. The summed E-state index contributed by atoms with van der Waals surface area (Å²) in [6.45, 7) is -0.0572. The molecule has 12 heteroatoms. The number of rotatable bonds is 2. The third-order valence-electron chi connectivity index (χ3n) is 6.50. The zero-order valence-electron chi connectivity index (χ0n) is 20.9. The summed E-state index contributed by atoms with van der Waals surface area (Å²) in [7, 11) is -4.25. The van der Waals surface area contributed by atoms with E-state index >= 15 is 0 Å². The number of fused-ring (bicyclic) bond motifs is 7. The number of aliphatic hydroxyl groups is 1. The molecule has 2 atom stereocenters. The number of nitrogen functional groups attached to an aromatic ring is 1. The molecule has 204 valence electrons. The van der Waals surface area contributed by atoms with Crippen molar-refractivity contribution in [2.24, 2.45) is 0 Å². The van der Waals surface area contributed by atoms with Crippen molar-refractivity contribution in [1.29, 1.82) is 0 Å². The molecule has 0 saturated carbocycles. The van der Waals surface area contributed by atoms with Gasteiger partial charge in [-0.25, -0.2) is 9.36 Å². The summed E-state index contributed by atoms with van der Waals surface area (Å²) in [6, 6.07) is 24.5. The Labute approximate surface area is 232 Å². The zero-order chi connectivity index (χ0) is 27.9. The first kappa shape index (κ1) is 26.4. The minimum Gasteiger partial charge on any atom is -0.395 e. The molecule has 0 unspecified atom stereocenters. The monoisotopic (exact) mass is 577 g/mol. The van der Waals surface area contributed by atoms with Crippen molar-refractivity contribution in [2.75, 3.05) is 18.1 Å². The van der Waals surface area contributed by atoms with Crippen molar-refractivity contribution in [3.8, 4) is 22.6 Å². The topological polar surface area (TPSA) is 146 Å². The first-order valence-electron chi connectivity index (χ1n) is 12.3. The van der Waals surface area contributed by atoms with E-state index in [9.17, 15) is 14.3 Å². The second-order valence-corrected chi connectivity index (χ2v) is 11.5. The maximum absolute atomic E-state index is 12.4. The van der Waals surface area contributed by atoms with Gasteiger partial charge in [-0.15, -0.1) is 11.8 Å². The lowest BCUT2D eigenvalue weighted by molar-refractivity contribution is -0.00629. The first-order valence-corrected chi connectivity index (χ1v) is 14.9. The molecule has 2 aliphatic heterocycles. The SMILES string of the molecule is Nc1ccn([C@@H]2CS[C@@H](CO)O2)c(=O)n1.O=P1(O)Oc2ccc3ccccc3c2-c2c(ccc3ccccc23)O1. The van der Waals surface area contributed by atoms with Crippen LogP contribution in [0.3, 0.4) is 0 Å². The lowest BCUT2D eigenvalue weighted by Gasteiger charge is -2.13. The first-order chi connectivity index (χ1) is 19.3. The Morgan fingerprint density at radius 2 is 1.50 bits per heavy atom. The summed E-state index contributed by atoms with van der Waals surface area (Å²) in [5.41, 5.74) is 6.22. The molecule has 2 aliphatic rings. The van der Waals surface area contributed by atoms with Crippen LogP contribution in [0.15, 0.2) is 89.9 Å². The Kier molecular flexibility index (Phi) is 6.99. The Hall–Kier alpha value is -3.86. The quantitative estimate of drug-likeness (QED) is 0.247. The van der Waals surface area contributed by atoms with Crippen LogP contribution >= 0.6 is 19.6 Å². The third kappa shape index (κ3) is 5.05. The molecule has 3 heterocycles. The second kappa shape index (κ2) is 10.6. The van der Waals surface area contributed by atoms with E-state index in [2.05, 4.69) is 4.98 Å². The molecular weight excluding hydrogens is 553 g/mol. The molecule has 1 fully saturated rings. The smallest absolute Gasteiger partial charge is 0.395 e. The lowest BCUT2D eigenvalue weighted by atomic mass is 9.92. The van der Waals surface area contributed by atoms with Crippen LogP contribution in [0.4, 0.5) is 5.82 Å². The van der Waals surface area contributed by atoms with Crippen LogP contribution in [0.2, 0.25) is 0 Å². The van der Waals surface area contributed by atoms with Crippen LogP contribution in [-0.2, 0) is 9.30 Å². The van der Waals surface area contributed by atoms with Crippen molar-refractivity contribution in [2.45, 2.75) is 11.7 Å². The van der Waals surface area contributed by atoms with Crippen molar-refractivity contribution >= 4 is 46.9 Å². The summed E-state index contributed by atoms with van der Waals surface area (Å²) in [4.78, 5) is 25.1. The van der Waals surface area contributed by atoms with Crippen molar-refractivity contribution in [1.82, 2.24) is 9.55 Å². The number of aromatic nitrogens is 2. The zero-order valence-corrected chi connectivity index (χ0v) is 22.6. The number of nitrogens with two attached hydrogens (primary N) is 1. The minimum atomic E-state index is -4.25. The number of hydrogen-bond acceptors (Lipinski definition) is 9. The predicted octanol–water partition coefficient (Wildman–Crippen LogP) is 4.94. The summed E-state index contributed by atoms with van der Waals surface area (Å²) in [5.74, 6) is 1.51. The maximum Gasteiger partial charge on any atom is 0.584 e. The standard InChI is InChI=1S/C20H13O4P.C8H11N3O3S/c21-25(22)23-17-11-9-13-5-1-3-7-15(13)19(17)20-16-8-4-2-6-14(16)10-12-18(20)24-25;9-5-1-2-11(8(13)10-5)6-4-15-7(3-12)14-6/h1-12H,(H,21,22);1-2,6-7,12H,3-4H2,(H2,9,10,13)/t;6-,7-/m.0/s1. The van der Waals surface area contributed by atoms with Crippen molar-refractivity contribution in [3.05, 3.63) is 95.5 Å². The Morgan fingerprint density at radius 1 is 0.925 bits per heavy atom. The number of benzene rings is 4. The van der Waals surface area contributed by atoms with Gasteiger partial charge in [0.25, 0.3) is 0 Å². The van der Waals surface area contributed by atoms with E-state index in [1.165, 1.54) is 16.3 Å². The maximum atomic E-state index is 12.4. The van der Waals surface area contributed by atoms with Crippen LogP contribution in [0.25, 0.3) is 32.7 Å². The summed E-state index contributed by atoms with van der Waals surface area (Å²) >= 11 is 1.47. The second-order valence-electron chi connectivity index (χ2n) is 9.05. The van der Waals surface area contributed by atoms with Crippen LogP contribution < -0.4 is 20.5 Å². The highest BCUT2D eigenvalue weighted by atomic mass is 32.2. The predicted molar refractivity (Wildman–Crippen MR) is 154 cm³/mol. The molecule has 7 rings (SSSR count). The number of ether oxygens (including phenoxy) is 1. The summed E-state index contributed by atoms with van der Waals surface area (Å²) in [6.07, 6.45) is 1.18. The molecule has 4 aromatic carbocycles. The molecule has 10 nitrogen and oxygen atoms in total. The molecule has 0 radical (unpaired) electrons. The Bertz CT molecular complexity index is 1760. The minimum absolute atomic E-state index is 0.0572. The molecule has 0 aliphatic carbocycles. The van der Waals surface area contributed by atoms with Gasteiger partial charge in [0, 0.05) is 23.1 Å². The van der Waals surface area contributed by atoms with Gasteiger partial charge >= 0.3 is 13.5 Å². The van der Waals surface area contributed by atoms with Gasteiger partial charge in [0.15, 0.2) is 0 Å². The number of anilines is 1. The molecular formula is C28H24N3O7PS. The van der Waals surface area contributed by atoms with E-state index < -0.39 is 13.5 Å². The van der Waals surface area contributed by atoms with Crippen LogP contribution in [0, 0.1) is 0 Å². The Morgan fingerprint density at radius 3 is 2.02 bits per heavy atom. The molecule has 5 aromatic rings. The molecule has 0 spiro atoms. The van der Waals surface area contributed by atoms with E-state index in [0.29, 0.717) is 17.3 Å². The van der Waals surface area contributed by atoms with Crippen LogP contribution in [-0.4, -0.2) is 37.3 Å². The van der Waals surface area contributed by atoms with Gasteiger partial charge in [0.05, 0.1) is 6.61 Å². The molecule has 0 amide bonds. The van der Waals surface area contributed by atoms with Gasteiger partial charge in [-0.3, -0.25) is 9.46 Å². The van der Waals surface area contributed by atoms with Crippen LogP contribution in [0.5, 0.6) is 11.5 Å². The highest BCUT2D eigenvalue weighted by molar-refractivity contribution is 8.00. The number of thioether (sulfide) groups is 1. The number of phosphoric ester groups is 1. The molecule has 1 saturated heterocycles. The van der Waals surface area contributed by atoms with Gasteiger partial charge in [-0.05, 0) is 39.7 Å². The highest BCUT2D eigenvalue weighted by Gasteiger charge is 2.33.